The van der Waals surface area contributed by atoms with E-state index in [9.17, 15) is 0 Å². The summed E-state index contributed by atoms with van der Waals surface area (Å²) in [5.41, 5.74) is 2.61. The zero-order valence-electron chi connectivity index (χ0n) is 13.0. The lowest BCUT2D eigenvalue weighted by atomic mass is 9.85. The van der Waals surface area contributed by atoms with Crippen LogP contribution in [0.4, 0.5) is 11.4 Å². The monoisotopic (exact) mass is 282 g/mol. The maximum atomic E-state index is 3.49. The van der Waals surface area contributed by atoms with Crippen LogP contribution in [0.2, 0.25) is 0 Å². The molecule has 3 rings (SSSR count). The summed E-state index contributed by atoms with van der Waals surface area (Å²) < 4.78 is 0. The fourth-order valence-corrected chi connectivity index (χ4v) is 3.38. The first-order chi connectivity index (χ1) is 10.4. The van der Waals surface area contributed by atoms with E-state index in [1.165, 1.54) is 24.2 Å². The van der Waals surface area contributed by atoms with Gasteiger partial charge in [-0.1, -0.05) is 37.3 Å². The van der Waals surface area contributed by atoms with Crippen LogP contribution in [0.25, 0.3) is 0 Å². The first-order valence-electron chi connectivity index (χ1n) is 8.30. The third kappa shape index (κ3) is 3.49. The second kappa shape index (κ2) is 6.84. The second-order valence-electron chi connectivity index (χ2n) is 6.14. The molecule has 0 amide bonds. The smallest absolute Gasteiger partial charge is 0.0386 e. The van der Waals surface area contributed by atoms with E-state index in [-0.39, 0.29) is 0 Å². The van der Waals surface area contributed by atoms with Crippen LogP contribution < -0.4 is 10.2 Å². The third-order valence-corrected chi connectivity index (χ3v) is 4.63. The Hall–Kier alpha value is -1.70. The fourth-order valence-electron chi connectivity index (χ4n) is 3.38. The fraction of sp³-hybridized carbons (Fsp3) is 0.474. The highest BCUT2D eigenvalue weighted by Gasteiger charge is 2.24. The van der Waals surface area contributed by atoms with E-state index in [1.807, 2.05) is 0 Å². The van der Waals surface area contributed by atoms with Gasteiger partial charge in [0.1, 0.15) is 0 Å². The summed E-state index contributed by atoms with van der Waals surface area (Å²) in [5.74, 6) is 1.47. The van der Waals surface area contributed by atoms with Crippen LogP contribution in [0.15, 0.2) is 48.6 Å². The highest BCUT2D eigenvalue weighted by Crippen LogP contribution is 2.31. The van der Waals surface area contributed by atoms with E-state index in [4.69, 9.17) is 0 Å². The van der Waals surface area contributed by atoms with Crippen molar-refractivity contribution in [3.63, 3.8) is 0 Å². The molecule has 2 unspecified atom stereocenters. The molecule has 1 aromatic carbocycles. The summed E-state index contributed by atoms with van der Waals surface area (Å²) in [7, 11) is 0. The van der Waals surface area contributed by atoms with Crippen LogP contribution in [0.3, 0.4) is 0 Å². The van der Waals surface area contributed by atoms with Crippen LogP contribution in [0.5, 0.6) is 0 Å². The molecule has 1 aromatic rings. The van der Waals surface area contributed by atoms with Crippen molar-refractivity contribution in [3.8, 4) is 0 Å². The largest absolute Gasteiger partial charge is 0.385 e. The molecule has 2 nitrogen and oxygen atoms in total. The van der Waals surface area contributed by atoms with Gasteiger partial charge in [0.05, 0.1) is 0 Å². The molecule has 2 aliphatic rings. The minimum Gasteiger partial charge on any atom is -0.385 e. The number of rotatable bonds is 4. The quantitative estimate of drug-likeness (QED) is 0.876. The topological polar surface area (TPSA) is 15.3 Å². The molecule has 1 saturated heterocycles. The molecule has 1 N–H and O–H groups in total. The molecule has 0 radical (unpaired) electrons. The minimum absolute atomic E-state index is 0.737. The molecular weight excluding hydrogens is 256 g/mol. The van der Waals surface area contributed by atoms with Crippen molar-refractivity contribution < 1.29 is 0 Å². The predicted octanol–water partition coefficient (Wildman–Crippen LogP) is 4.47. The van der Waals surface area contributed by atoms with Crippen LogP contribution in [-0.4, -0.2) is 19.6 Å². The molecule has 1 heterocycles. The normalized spacial score (nSPS) is 24.5. The first-order valence-corrected chi connectivity index (χ1v) is 8.30. The van der Waals surface area contributed by atoms with Crippen molar-refractivity contribution in [2.24, 2.45) is 11.8 Å². The van der Waals surface area contributed by atoms with Crippen molar-refractivity contribution in [2.75, 3.05) is 29.9 Å². The number of hydrogen-bond donors (Lipinski definition) is 1. The van der Waals surface area contributed by atoms with E-state index in [2.05, 4.69) is 65.7 Å². The summed E-state index contributed by atoms with van der Waals surface area (Å²) >= 11 is 0. The van der Waals surface area contributed by atoms with Gasteiger partial charge in [0.15, 0.2) is 0 Å². The molecule has 21 heavy (non-hydrogen) atoms. The molecule has 112 valence electrons. The van der Waals surface area contributed by atoms with Gasteiger partial charge in [-0.25, -0.2) is 0 Å². The van der Waals surface area contributed by atoms with Gasteiger partial charge in [0.2, 0.25) is 0 Å². The number of allylic oxidation sites excluding steroid dienone is 4. The van der Waals surface area contributed by atoms with E-state index >= 15 is 0 Å². The lowest BCUT2D eigenvalue weighted by Crippen LogP contribution is -2.24. The molecule has 2 heteroatoms. The Bertz CT molecular complexity index is 496. The molecular formula is C19H26N2. The number of nitrogens with one attached hydrogen (secondary N) is 1. The molecule has 1 aliphatic carbocycles. The van der Waals surface area contributed by atoms with Crippen molar-refractivity contribution in [2.45, 2.75) is 26.2 Å². The van der Waals surface area contributed by atoms with Crippen LogP contribution in [-0.2, 0) is 0 Å². The lowest BCUT2D eigenvalue weighted by molar-refractivity contribution is 0.458. The standard InChI is InChI=1S/C19H26N2/c1-2-12-20-18-8-5-9-19(15-18)21-13-10-16-6-3-4-7-17(16)11-14-21/h3-9,15-17,20H,2,10-14H2,1H3. The predicted molar refractivity (Wildman–Crippen MR) is 91.9 cm³/mol. The Labute approximate surface area is 128 Å². The Kier molecular flexibility index (Phi) is 4.64. The summed E-state index contributed by atoms with van der Waals surface area (Å²) in [6.07, 6.45) is 12.9. The zero-order chi connectivity index (χ0) is 14.5. The van der Waals surface area contributed by atoms with Crippen molar-refractivity contribution in [1.29, 1.82) is 0 Å². The van der Waals surface area contributed by atoms with Gasteiger partial charge in [0, 0.05) is 31.0 Å². The molecule has 0 bridgehead atoms. The van der Waals surface area contributed by atoms with Crippen molar-refractivity contribution in [3.05, 3.63) is 48.6 Å². The van der Waals surface area contributed by atoms with Crippen molar-refractivity contribution >= 4 is 11.4 Å². The van der Waals surface area contributed by atoms with Gasteiger partial charge in [-0.05, 0) is 49.3 Å². The summed E-state index contributed by atoms with van der Waals surface area (Å²) in [6, 6.07) is 8.89. The highest BCUT2D eigenvalue weighted by molar-refractivity contribution is 5.58. The number of anilines is 2. The Morgan fingerprint density at radius 1 is 1.10 bits per heavy atom. The number of hydrogen-bond acceptors (Lipinski definition) is 2. The molecule has 0 saturated carbocycles. The van der Waals surface area contributed by atoms with E-state index < -0.39 is 0 Å². The van der Waals surface area contributed by atoms with Gasteiger partial charge in [-0.2, -0.15) is 0 Å². The number of nitrogens with zero attached hydrogens (tertiary/aromatic N) is 1. The van der Waals surface area contributed by atoms with Gasteiger partial charge >= 0.3 is 0 Å². The summed E-state index contributed by atoms with van der Waals surface area (Å²) in [6.45, 7) is 5.57. The highest BCUT2D eigenvalue weighted by atomic mass is 15.1. The Balaban J connectivity index is 1.69. The first kappa shape index (κ1) is 14.2. The maximum Gasteiger partial charge on any atom is 0.0386 e. The molecule has 2 atom stereocenters. The van der Waals surface area contributed by atoms with Gasteiger partial charge in [0.25, 0.3) is 0 Å². The zero-order valence-corrected chi connectivity index (χ0v) is 13.0. The van der Waals surface area contributed by atoms with Crippen LogP contribution in [0.1, 0.15) is 26.2 Å². The minimum atomic E-state index is 0.737. The molecule has 0 spiro atoms. The van der Waals surface area contributed by atoms with Gasteiger partial charge in [-0.3, -0.25) is 0 Å². The van der Waals surface area contributed by atoms with Crippen LogP contribution >= 0.6 is 0 Å². The van der Waals surface area contributed by atoms with Gasteiger partial charge in [-0.15, -0.1) is 0 Å². The van der Waals surface area contributed by atoms with Crippen LogP contribution in [0, 0.1) is 11.8 Å². The average Bonchev–Trinajstić information content (AvgIpc) is 2.76. The molecule has 1 fully saturated rings. The molecule has 0 aromatic heterocycles. The summed E-state index contributed by atoms with van der Waals surface area (Å²) in [5, 5.41) is 3.49. The van der Waals surface area contributed by atoms with Gasteiger partial charge < -0.3 is 10.2 Å². The average molecular weight is 282 g/mol. The van der Waals surface area contributed by atoms with E-state index in [1.54, 1.807) is 0 Å². The van der Waals surface area contributed by atoms with Crippen molar-refractivity contribution in [1.82, 2.24) is 0 Å². The second-order valence-corrected chi connectivity index (χ2v) is 6.14. The Morgan fingerprint density at radius 3 is 2.48 bits per heavy atom. The lowest BCUT2D eigenvalue weighted by Gasteiger charge is -2.23. The van der Waals surface area contributed by atoms with E-state index in [0.717, 1.165) is 37.9 Å². The Morgan fingerprint density at radius 2 is 1.81 bits per heavy atom. The maximum absolute atomic E-state index is 3.49. The number of fused-ring (bicyclic) bond motifs is 1. The van der Waals surface area contributed by atoms with E-state index in [0.29, 0.717) is 0 Å². The SMILES string of the molecule is CCCNc1cccc(N2CCC3C=CC=CC3CC2)c1. The number of benzene rings is 1. The third-order valence-electron chi connectivity index (χ3n) is 4.63. The summed E-state index contributed by atoms with van der Waals surface area (Å²) in [4.78, 5) is 2.55. The molecule has 1 aliphatic heterocycles.